The van der Waals surface area contributed by atoms with Gasteiger partial charge in [0.2, 0.25) is 0 Å². The summed E-state index contributed by atoms with van der Waals surface area (Å²) in [5, 5.41) is 2.41. The third-order valence-corrected chi connectivity index (χ3v) is 19.5. The van der Waals surface area contributed by atoms with Crippen molar-refractivity contribution in [2.75, 3.05) is 9.80 Å². The van der Waals surface area contributed by atoms with Crippen LogP contribution in [0.3, 0.4) is 0 Å². The summed E-state index contributed by atoms with van der Waals surface area (Å²) in [5.41, 5.74) is 24.4. The summed E-state index contributed by atoms with van der Waals surface area (Å²) in [6, 6.07) is 95.8. The Kier molecular flexibility index (Phi) is 12.0. The lowest BCUT2D eigenvalue weighted by Crippen LogP contribution is -2.61. The monoisotopic (exact) mass is 1180 g/mol. The van der Waals surface area contributed by atoms with Gasteiger partial charge in [-0.3, -0.25) is 0 Å². The summed E-state index contributed by atoms with van der Waals surface area (Å²) < 4.78 is 48.5. The van der Waals surface area contributed by atoms with Crippen LogP contribution in [-0.4, -0.2) is 6.71 Å². The highest BCUT2D eigenvalue weighted by molar-refractivity contribution is 7.26. The summed E-state index contributed by atoms with van der Waals surface area (Å²) in [7, 11) is 0. The molecule has 1 aromatic heterocycles. The summed E-state index contributed by atoms with van der Waals surface area (Å²) in [6.07, 6.45) is 0. The Morgan fingerprint density at radius 2 is 0.722 bits per heavy atom. The predicted molar refractivity (Wildman–Crippen MR) is 389 cm³/mol. The molecule has 3 heterocycles. The number of thiophene rings is 1. The highest BCUT2D eigenvalue weighted by Gasteiger charge is 2.46. The molecule has 0 saturated heterocycles. The van der Waals surface area contributed by atoms with E-state index in [1.807, 2.05) is 17.4 Å². The van der Waals surface area contributed by atoms with E-state index in [2.05, 4.69) is 312 Å². The molecule has 2 aliphatic rings. The Morgan fingerprint density at radius 3 is 1.17 bits per heavy atom. The minimum atomic E-state index is -0.485. The summed E-state index contributed by atoms with van der Waals surface area (Å²) in [5.74, 6) is 0. The van der Waals surface area contributed by atoms with Crippen LogP contribution in [0.15, 0.2) is 297 Å². The minimum absolute atomic E-state index is 0.155. The molecule has 0 amide bonds. The van der Waals surface area contributed by atoms with Crippen LogP contribution in [0.2, 0.25) is 0 Å². The number of fused-ring (bicyclic) bond motifs is 7. The molecule has 0 unspecified atom stereocenters. The number of hydrogen-bond acceptors (Lipinski definition) is 3. The molecule has 0 spiro atoms. The highest BCUT2D eigenvalue weighted by Crippen LogP contribution is 2.56. The zero-order chi connectivity index (χ0) is 65.2. The fourth-order valence-corrected chi connectivity index (χ4v) is 15.1. The Bertz CT molecular complexity index is 5220. The van der Waals surface area contributed by atoms with Crippen molar-refractivity contribution in [3.05, 3.63) is 308 Å². The molecular formula is C86H67BN2S. The lowest BCUT2D eigenvalue weighted by Gasteiger charge is -2.46. The van der Waals surface area contributed by atoms with Crippen LogP contribution in [-0.2, 0) is 10.8 Å². The highest BCUT2D eigenvalue weighted by atomic mass is 32.1. The van der Waals surface area contributed by atoms with E-state index in [9.17, 15) is 2.74 Å². The first-order valence-electron chi connectivity index (χ1n) is 33.7. The fraction of sp³-hybridized carbons (Fsp3) is 0.0930. The van der Waals surface area contributed by atoms with E-state index in [1.165, 1.54) is 31.3 Å². The van der Waals surface area contributed by atoms with E-state index in [-0.39, 0.29) is 40.6 Å². The number of hydrogen-bond donors (Lipinski definition) is 0. The lowest BCUT2D eigenvalue weighted by atomic mass is 9.33. The Labute approximate surface area is 540 Å². The van der Waals surface area contributed by atoms with E-state index in [1.54, 1.807) is 0 Å². The molecule has 2 nitrogen and oxygen atoms in total. The number of anilines is 6. The number of rotatable bonds is 9. The third-order valence-electron chi connectivity index (χ3n) is 18.4. The Morgan fingerprint density at radius 1 is 0.322 bits per heavy atom. The quantitative estimate of drug-likeness (QED) is 0.133. The Balaban J connectivity index is 1.14. The van der Waals surface area contributed by atoms with Crippen molar-refractivity contribution in [1.82, 2.24) is 0 Å². The summed E-state index contributed by atoms with van der Waals surface area (Å²) in [6.45, 7) is 13.3. The van der Waals surface area contributed by atoms with E-state index in [4.69, 9.17) is 4.11 Å². The van der Waals surface area contributed by atoms with Crippen molar-refractivity contribution in [3.63, 3.8) is 0 Å². The normalized spacial score (nSPS) is 13.5. The van der Waals surface area contributed by atoms with Gasteiger partial charge in [-0.2, -0.15) is 0 Å². The first kappa shape index (κ1) is 49.7. The van der Waals surface area contributed by atoms with Gasteiger partial charge < -0.3 is 9.80 Å². The molecule has 4 heteroatoms. The second-order valence-electron chi connectivity index (χ2n) is 26.0. The molecule has 0 radical (unpaired) electrons. The standard InChI is InChI=1S/C86H67BN2S/c1-85(2,3)65-52-69(58-32-17-9-18-33-58)83(70(53-65)59-34-19-10-20-35-59)88-75-46-44-62(56-28-13-7-14-29-56)48-73(75)87-74-49-63(57-30-15-8-16-31-57)45-47-76(74)89(78-51-64(50-77(88)82(78)87)67-41-27-43-80-81(67)68-40-25-26-42-79(68)90-80)84-71(60-36-21-11-22-37-60)54-66(86(4,5)6)55-72(84)61-38-23-12-24-39-61/h7-55H,1-6H3/i7D,13D,14D,28D,29D. The molecule has 430 valence electrons. The van der Waals surface area contributed by atoms with Gasteiger partial charge in [0.1, 0.15) is 0 Å². The maximum atomic E-state index is 9.57. The molecule has 16 rings (SSSR count). The molecule has 0 atom stereocenters. The minimum Gasteiger partial charge on any atom is -0.310 e. The predicted octanol–water partition coefficient (Wildman–Crippen LogP) is 22.4. The second-order valence-corrected chi connectivity index (χ2v) is 27.1. The van der Waals surface area contributed by atoms with Gasteiger partial charge in [-0.05, 0) is 155 Å². The van der Waals surface area contributed by atoms with Gasteiger partial charge in [0.15, 0.2) is 0 Å². The van der Waals surface area contributed by atoms with Crippen LogP contribution in [0.4, 0.5) is 34.1 Å². The van der Waals surface area contributed by atoms with Crippen molar-refractivity contribution in [3.8, 4) is 77.9 Å². The fourth-order valence-electron chi connectivity index (χ4n) is 14.0. The lowest BCUT2D eigenvalue weighted by molar-refractivity contribution is 0.590. The topological polar surface area (TPSA) is 6.48 Å². The van der Waals surface area contributed by atoms with Gasteiger partial charge in [0.05, 0.1) is 18.2 Å². The number of nitrogens with zero attached hydrogens (tertiary/aromatic N) is 2. The maximum absolute atomic E-state index is 9.57. The largest absolute Gasteiger partial charge is 0.310 e. The van der Waals surface area contributed by atoms with Crippen LogP contribution in [0.25, 0.3) is 98.1 Å². The summed E-state index contributed by atoms with van der Waals surface area (Å²) >= 11 is 1.82. The van der Waals surface area contributed by atoms with Crippen LogP contribution in [0, 0.1) is 0 Å². The molecule has 14 aromatic rings. The van der Waals surface area contributed by atoms with Gasteiger partial charge in [-0.15, -0.1) is 11.3 Å². The van der Waals surface area contributed by atoms with Crippen molar-refractivity contribution in [1.29, 1.82) is 0 Å². The SMILES string of the molecule is [2H]c1c([2H])c([2H])c(-c2ccc3c(c2)B2c4cc(-c5ccccc5)ccc4N(c4c(-c5ccccc5)cc(C(C)(C)C)cc4-c4ccccc4)c4cc(-c5cccc6sc7ccccc7c56)cc(c42)N3c2c(-c3ccccc3)cc(C(C)(C)C)cc2-c2ccccc2)c([2H])c1[2H]. The molecule has 13 aromatic carbocycles. The maximum Gasteiger partial charge on any atom is 0.252 e. The van der Waals surface area contributed by atoms with E-state index in [0.717, 1.165) is 117 Å². The van der Waals surface area contributed by atoms with Gasteiger partial charge in [-0.1, -0.05) is 278 Å². The average Bonchev–Trinajstić information content (AvgIpc) is 1.06. The molecule has 2 aliphatic heterocycles. The van der Waals surface area contributed by atoms with Crippen molar-refractivity contribution in [2.45, 2.75) is 52.4 Å². The van der Waals surface area contributed by atoms with E-state index < -0.39 is 12.8 Å². The molecule has 0 N–H and O–H groups in total. The molecule has 0 bridgehead atoms. The Hall–Kier alpha value is -10.3. The van der Waals surface area contributed by atoms with Crippen LogP contribution in [0.5, 0.6) is 0 Å². The smallest absolute Gasteiger partial charge is 0.252 e. The molecule has 90 heavy (non-hydrogen) atoms. The average molecular weight is 1180 g/mol. The first-order valence-corrected chi connectivity index (χ1v) is 32.0. The third kappa shape index (κ3) is 9.40. The van der Waals surface area contributed by atoms with Gasteiger partial charge in [0, 0.05) is 65.2 Å². The molecule has 0 saturated carbocycles. The van der Waals surface area contributed by atoms with E-state index in [0.29, 0.717) is 5.56 Å². The van der Waals surface area contributed by atoms with E-state index >= 15 is 0 Å². The van der Waals surface area contributed by atoms with Crippen LogP contribution in [0.1, 0.15) is 59.5 Å². The molecule has 0 aliphatic carbocycles. The van der Waals surface area contributed by atoms with Crippen LogP contribution < -0.4 is 26.2 Å². The van der Waals surface area contributed by atoms with Crippen LogP contribution >= 0.6 is 11.3 Å². The summed E-state index contributed by atoms with van der Waals surface area (Å²) in [4.78, 5) is 5.12. The zero-order valence-corrected chi connectivity index (χ0v) is 52.1. The molecular weight excluding hydrogens is 1100 g/mol. The van der Waals surface area contributed by atoms with Crippen molar-refractivity contribution < 1.29 is 6.85 Å². The first-order chi connectivity index (χ1) is 46.0. The molecule has 0 fully saturated rings. The van der Waals surface area contributed by atoms with Gasteiger partial charge in [-0.25, -0.2) is 0 Å². The van der Waals surface area contributed by atoms with Crippen molar-refractivity contribution in [2.24, 2.45) is 0 Å². The van der Waals surface area contributed by atoms with Gasteiger partial charge >= 0.3 is 0 Å². The van der Waals surface area contributed by atoms with Crippen molar-refractivity contribution >= 4 is 88.7 Å². The van der Waals surface area contributed by atoms with Gasteiger partial charge in [0.25, 0.3) is 6.71 Å². The second kappa shape index (κ2) is 21.8. The number of benzene rings is 13. The zero-order valence-electron chi connectivity index (χ0n) is 56.3.